The van der Waals surface area contributed by atoms with Crippen LogP contribution in [0.5, 0.6) is 0 Å². The fraction of sp³-hybridized carbons (Fsp3) is 1.00. The Bertz CT molecular complexity index is 221. The summed E-state index contributed by atoms with van der Waals surface area (Å²) >= 11 is 0. The summed E-state index contributed by atoms with van der Waals surface area (Å²) in [6, 6.07) is 0. The van der Waals surface area contributed by atoms with Gasteiger partial charge in [0.25, 0.3) is 10.2 Å². The van der Waals surface area contributed by atoms with Gasteiger partial charge < -0.3 is 5.32 Å². The lowest BCUT2D eigenvalue weighted by Gasteiger charge is -2.08. The normalized spacial score (nSPS) is 23.2. The average Bonchev–Trinajstić information content (AvgIpc) is 2.89. The van der Waals surface area contributed by atoms with Crippen molar-refractivity contribution < 1.29 is 8.42 Å². The molecule has 2 saturated heterocycles. The smallest absolute Gasteiger partial charge is 0.276 e. The van der Waals surface area contributed by atoms with Gasteiger partial charge in [-0.3, -0.25) is 0 Å². The Kier molecular flexibility index (Phi) is 4.11. The Morgan fingerprint density at radius 2 is 1.62 bits per heavy atom. The van der Waals surface area contributed by atoms with E-state index in [0.717, 1.165) is 0 Å². The van der Waals surface area contributed by atoms with Gasteiger partial charge in [-0.1, -0.05) is 6.42 Å². The van der Waals surface area contributed by atoms with Gasteiger partial charge in [0.05, 0.1) is 0 Å². The molecule has 2 fully saturated rings. The minimum Gasteiger partial charge on any atom is -0.317 e. The van der Waals surface area contributed by atoms with Gasteiger partial charge in [0.2, 0.25) is 0 Å². The topological polar surface area (TPSA) is 75.2 Å². The van der Waals surface area contributed by atoms with Crippen molar-refractivity contribution in [2.75, 3.05) is 26.2 Å². The molecule has 0 aromatic heterocycles. The largest absolute Gasteiger partial charge is 0.317 e. The molecule has 2 aliphatic heterocycles. The Hall–Kier alpha value is -0.170. The number of nitrogens with two attached hydrogens (primary N) is 1. The van der Waals surface area contributed by atoms with Crippen LogP contribution in [0.3, 0.4) is 0 Å². The molecule has 2 heterocycles. The molecule has 0 spiro atoms. The van der Waals surface area contributed by atoms with E-state index in [2.05, 4.69) is 10.5 Å². The molecule has 2 aliphatic rings. The highest BCUT2D eigenvalue weighted by molar-refractivity contribution is 7.87. The predicted octanol–water partition coefficient (Wildman–Crippen LogP) is -0.735. The van der Waals surface area contributed by atoms with Crippen LogP contribution in [0.15, 0.2) is 0 Å². The standard InChI is InChI=1S/C5H11N.C2H6N2O2S/c1-2-4-6-5-3-1;3-7(5,6)4-1-2-4/h6H,1-5H2;1-2H2,(H2,3,5,6). The molecule has 3 N–H and O–H groups in total. The molecule has 0 amide bonds. The summed E-state index contributed by atoms with van der Waals surface area (Å²) < 4.78 is 21.4. The summed E-state index contributed by atoms with van der Waals surface area (Å²) in [7, 11) is -3.30. The number of piperidine rings is 1. The monoisotopic (exact) mass is 207 g/mol. The first kappa shape index (κ1) is 10.9. The molecular formula is C7H17N3O2S. The van der Waals surface area contributed by atoms with Crippen molar-refractivity contribution in [1.82, 2.24) is 9.62 Å². The van der Waals surface area contributed by atoms with Crippen molar-refractivity contribution in [3.05, 3.63) is 0 Å². The molecule has 0 aromatic carbocycles. The van der Waals surface area contributed by atoms with E-state index >= 15 is 0 Å². The van der Waals surface area contributed by atoms with Gasteiger partial charge in [0.1, 0.15) is 0 Å². The van der Waals surface area contributed by atoms with E-state index in [-0.39, 0.29) is 0 Å². The van der Waals surface area contributed by atoms with Crippen LogP contribution in [0.25, 0.3) is 0 Å². The zero-order valence-electron chi connectivity index (χ0n) is 7.70. The number of rotatable bonds is 1. The second-order valence-electron chi connectivity index (χ2n) is 3.25. The van der Waals surface area contributed by atoms with E-state index in [9.17, 15) is 8.42 Å². The van der Waals surface area contributed by atoms with E-state index < -0.39 is 10.2 Å². The molecule has 0 aromatic rings. The van der Waals surface area contributed by atoms with Crippen LogP contribution in [0, 0.1) is 0 Å². The van der Waals surface area contributed by atoms with E-state index in [1.165, 1.54) is 36.7 Å². The van der Waals surface area contributed by atoms with Crippen LogP contribution in [-0.4, -0.2) is 38.9 Å². The number of hydrogen-bond acceptors (Lipinski definition) is 3. The number of nitrogens with one attached hydrogen (secondary N) is 1. The summed E-state index contributed by atoms with van der Waals surface area (Å²) in [5.41, 5.74) is 0. The van der Waals surface area contributed by atoms with Crippen molar-refractivity contribution in [2.24, 2.45) is 5.14 Å². The van der Waals surface area contributed by atoms with Crippen molar-refractivity contribution >= 4 is 10.2 Å². The van der Waals surface area contributed by atoms with Crippen molar-refractivity contribution in [3.63, 3.8) is 0 Å². The third kappa shape index (κ3) is 5.20. The van der Waals surface area contributed by atoms with E-state index in [4.69, 9.17) is 0 Å². The maximum absolute atomic E-state index is 10.1. The molecule has 5 nitrogen and oxygen atoms in total. The molecule has 0 saturated carbocycles. The summed E-state index contributed by atoms with van der Waals surface area (Å²) in [6.45, 7) is 3.69. The lowest BCUT2D eigenvalue weighted by Crippen LogP contribution is -2.21. The Balaban J connectivity index is 0.000000132. The lowest BCUT2D eigenvalue weighted by atomic mass is 10.2. The van der Waals surface area contributed by atoms with Crippen LogP contribution in [0.1, 0.15) is 19.3 Å². The SMILES string of the molecule is C1CCNCC1.NS(=O)(=O)N1CC1. The van der Waals surface area contributed by atoms with Gasteiger partial charge in [-0.2, -0.15) is 12.7 Å². The van der Waals surface area contributed by atoms with Crippen molar-refractivity contribution in [3.8, 4) is 0 Å². The van der Waals surface area contributed by atoms with Crippen LogP contribution in [0.2, 0.25) is 0 Å². The maximum atomic E-state index is 10.1. The Morgan fingerprint density at radius 3 is 1.69 bits per heavy atom. The molecule has 0 atom stereocenters. The van der Waals surface area contributed by atoms with Crippen molar-refractivity contribution in [1.29, 1.82) is 0 Å². The zero-order chi connectivity index (χ0) is 9.73. The van der Waals surface area contributed by atoms with Gasteiger partial charge in [0, 0.05) is 13.1 Å². The fourth-order valence-electron chi connectivity index (χ4n) is 1.10. The van der Waals surface area contributed by atoms with Gasteiger partial charge in [-0.05, 0) is 25.9 Å². The molecule has 0 aliphatic carbocycles. The van der Waals surface area contributed by atoms with Crippen molar-refractivity contribution in [2.45, 2.75) is 19.3 Å². The van der Waals surface area contributed by atoms with Gasteiger partial charge in [0.15, 0.2) is 0 Å². The molecule has 6 heteroatoms. The van der Waals surface area contributed by atoms with Crippen LogP contribution >= 0.6 is 0 Å². The van der Waals surface area contributed by atoms with Gasteiger partial charge >= 0.3 is 0 Å². The first-order valence-electron chi connectivity index (χ1n) is 4.59. The molecule has 13 heavy (non-hydrogen) atoms. The van der Waals surface area contributed by atoms with E-state index in [1.54, 1.807) is 0 Å². The summed E-state index contributed by atoms with van der Waals surface area (Å²) in [5, 5.41) is 7.92. The molecule has 0 radical (unpaired) electrons. The Morgan fingerprint density at radius 1 is 1.08 bits per heavy atom. The second kappa shape index (κ2) is 4.90. The molecule has 78 valence electrons. The van der Waals surface area contributed by atoms with Gasteiger partial charge in [-0.15, -0.1) is 0 Å². The Labute approximate surface area is 79.5 Å². The van der Waals surface area contributed by atoms with E-state index in [0.29, 0.717) is 13.1 Å². The highest BCUT2D eigenvalue weighted by Gasteiger charge is 2.27. The average molecular weight is 207 g/mol. The number of hydrogen-bond donors (Lipinski definition) is 2. The quantitative estimate of drug-likeness (QED) is 0.556. The first-order valence-corrected chi connectivity index (χ1v) is 6.09. The highest BCUT2D eigenvalue weighted by Crippen LogP contribution is 2.05. The molecular weight excluding hydrogens is 190 g/mol. The minimum atomic E-state index is -3.30. The molecule has 0 unspecified atom stereocenters. The summed E-state index contributed by atoms with van der Waals surface area (Å²) in [4.78, 5) is 0. The van der Waals surface area contributed by atoms with Crippen LogP contribution in [0.4, 0.5) is 0 Å². The van der Waals surface area contributed by atoms with Crippen LogP contribution < -0.4 is 10.5 Å². The predicted molar refractivity (Wildman–Crippen MR) is 51.4 cm³/mol. The molecule has 0 bridgehead atoms. The second-order valence-corrected chi connectivity index (χ2v) is 4.80. The third-order valence-corrected chi connectivity index (χ3v) is 3.06. The fourth-order valence-corrected chi connectivity index (χ4v) is 1.69. The third-order valence-electron chi connectivity index (χ3n) is 1.97. The van der Waals surface area contributed by atoms with E-state index in [1.807, 2.05) is 0 Å². The van der Waals surface area contributed by atoms with Crippen LogP contribution in [-0.2, 0) is 10.2 Å². The summed E-state index contributed by atoms with van der Waals surface area (Å²) in [5.74, 6) is 0. The highest BCUT2D eigenvalue weighted by atomic mass is 32.2. The first-order chi connectivity index (χ1) is 6.11. The van der Waals surface area contributed by atoms with Gasteiger partial charge in [-0.25, -0.2) is 5.14 Å². The maximum Gasteiger partial charge on any atom is 0.276 e. The zero-order valence-corrected chi connectivity index (χ0v) is 8.52. The molecule has 2 rings (SSSR count). The summed E-state index contributed by atoms with van der Waals surface area (Å²) in [6.07, 6.45) is 4.22. The lowest BCUT2D eigenvalue weighted by molar-refractivity contribution is 0.520. The minimum absolute atomic E-state index is 0.596. The number of nitrogens with zero attached hydrogens (tertiary/aromatic N) is 1.